The van der Waals surface area contributed by atoms with Crippen LogP contribution in [-0.2, 0) is 9.53 Å². The number of furan rings is 1. The first-order valence-electron chi connectivity index (χ1n) is 9.32. The van der Waals surface area contributed by atoms with Crippen LogP contribution in [0.1, 0.15) is 30.3 Å². The molecular formula is C20H17N3O6S. The summed E-state index contributed by atoms with van der Waals surface area (Å²) in [5.74, 6) is -0.0378. The molecule has 1 aliphatic rings. The van der Waals surface area contributed by atoms with Crippen LogP contribution in [0.5, 0.6) is 0 Å². The Kier molecular flexibility index (Phi) is 5.08. The van der Waals surface area contributed by atoms with Crippen molar-refractivity contribution in [3.63, 3.8) is 0 Å². The fraction of sp³-hybridized carbons (Fsp3) is 0.250. The van der Waals surface area contributed by atoms with Gasteiger partial charge in [-0.25, -0.2) is 0 Å². The number of nitro benzene ring substituents is 1. The highest BCUT2D eigenvalue weighted by Crippen LogP contribution is 2.34. The largest absolute Gasteiger partial charge is 0.466 e. The lowest BCUT2D eigenvalue weighted by atomic mass is 10.1. The van der Waals surface area contributed by atoms with Crippen LogP contribution in [0.2, 0.25) is 0 Å². The Balaban J connectivity index is 1.56. The topological polar surface area (TPSA) is 108 Å². The third kappa shape index (κ3) is 3.35. The van der Waals surface area contributed by atoms with E-state index >= 15 is 0 Å². The molecule has 0 saturated heterocycles. The van der Waals surface area contributed by atoms with E-state index in [0.717, 1.165) is 0 Å². The highest BCUT2D eigenvalue weighted by molar-refractivity contribution is 7.80. The number of carbonyl (C=O) groups is 2. The van der Waals surface area contributed by atoms with Crippen molar-refractivity contribution in [2.45, 2.75) is 19.8 Å². The minimum Gasteiger partial charge on any atom is -0.466 e. The van der Waals surface area contributed by atoms with E-state index in [9.17, 15) is 19.7 Å². The van der Waals surface area contributed by atoms with Crippen LogP contribution in [0.3, 0.4) is 0 Å². The first-order chi connectivity index (χ1) is 14.4. The Hall–Kier alpha value is -3.53. The molecule has 0 fully saturated rings. The highest BCUT2D eigenvalue weighted by atomic mass is 32.1. The zero-order valence-corrected chi connectivity index (χ0v) is 16.8. The van der Waals surface area contributed by atoms with Gasteiger partial charge in [-0.2, -0.15) is 0 Å². The summed E-state index contributed by atoms with van der Waals surface area (Å²) in [7, 11) is 0. The smallest absolute Gasteiger partial charge is 0.305 e. The van der Waals surface area contributed by atoms with Crippen LogP contribution in [0, 0.1) is 10.1 Å². The summed E-state index contributed by atoms with van der Waals surface area (Å²) in [6.07, 6.45) is 0.639. The maximum Gasteiger partial charge on any atom is 0.305 e. The molecule has 1 amide bonds. The molecule has 1 aromatic carbocycles. The number of nitro groups is 1. The normalized spacial score (nSPS) is 13.2. The number of esters is 1. The minimum atomic E-state index is -0.467. The van der Waals surface area contributed by atoms with Gasteiger partial charge in [0.2, 0.25) is 5.71 Å². The van der Waals surface area contributed by atoms with Crippen molar-refractivity contribution in [1.82, 2.24) is 9.47 Å². The van der Waals surface area contributed by atoms with E-state index in [1.54, 1.807) is 35.8 Å². The summed E-state index contributed by atoms with van der Waals surface area (Å²) in [6.45, 7) is 2.36. The van der Waals surface area contributed by atoms with Crippen molar-refractivity contribution in [3.8, 4) is 11.3 Å². The van der Waals surface area contributed by atoms with E-state index in [-0.39, 0.29) is 24.0 Å². The monoisotopic (exact) mass is 427 g/mol. The molecular weight excluding hydrogens is 410 g/mol. The molecule has 0 atom stereocenters. The molecule has 1 aliphatic heterocycles. The van der Waals surface area contributed by atoms with Gasteiger partial charge >= 0.3 is 5.97 Å². The van der Waals surface area contributed by atoms with E-state index in [1.165, 1.54) is 17.0 Å². The van der Waals surface area contributed by atoms with Crippen molar-refractivity contribution in [2.24, 2.45) is 0 Å². The zero-order chi connectivity index (χ0) is 21.4. The molecule has 4 rings (SSSR count). The zero-order valence-electron chi connectivity index (χ0n) is 16.0. The number of thiocarbonyl (C=S) groups is 1. The van der Waals surface area contributed by atoms with E-state index < -0.39 is 4.92 Å². The lowest BCUT2D eigenvalue weighted by Crippen LogP contribution is -2.32. The lowest BCUT2D eigenvalue weighted by Gasteiger charge is -2.15. The first kappa shape index (κ1) is 19.8. The van der Waals surface area contributed by atoms with Crippen molar-refractivity contribution >= 4 is 46.0 Å². The Morgan fingerprint density at radius 3 is 2.67 bits per heavy atom. The average molecular weight is 427 g/mol. The summed E-state index contributed by atoms with van der Waals surface area (Å²) in [4.78, 5) is 36.0. The minimum absolute atomic E-state index is 0.00944. The van der Waals surface area contributed by atoms with Gasteiger partial charge in [0.15, 0.2) is 5.11 Å². The standard InChI is InChI=1S/C20H17N3O6S/c1-2-28-17(24)4-3-9-21-18(25)15-10-13-11-16(29-19(13)22(15)20(21)30)12-5-7-14(8-6-12)23(26)27/h5-8,10-11H,2-4,9H2,1H3. The molecule has 30 heavy (non-hydrogen) atoms. The van der Waals surface area contributed by atoms with E-state index in [2.05, 4.69) is 0 Å². The fourth-order valence-electron chi connectivity index (χ4n) is 3.39. The van der Waals surface area contributed by atoms with Gasteiger partial charge < -0.3 is 9.15 Å². The number of benzene rings is 1. The summed E-state index contributed by atoms with van der Waals surface area (Å²) >= 11 is 5.47. The molecule has 2 aromatic heterocycles. The van der Waals surface area contributed by atoms with E-state index in [0.29, 0.717) is 52.8 Å². The number of aromatic nitrogens is 1. The molecule has 0 radical (unpaired) electrons. The number of rotatable bonds is 7. The van der Waals surface area contributed by atoms with Gasteiger partial charge in [-0.3, -0.25) is 29.2 Å². The molecule has 0 aliphatic carbocycles. The quantitative estimate of drug-likeness (QED) is 0.245. The van der Waals surface area contributed by atoms with Crippen molar-refractivity contribution < 1.29 is 23.7 Å². The predicted octanol–water partition coefficient (Wildman–Crippen LogP) is 3.74. The van der Waals surface area contributed by atoms with Crippen LogP contribution in [-0.4, -0.2) is 44.5 Å². The van der Waals surface area contributed by atoms with Gasteiger partial charge in [0, 0.05) is 36.0 Å². The summed E-state index contributed by atoms with van der Waals surface area (Å²) in [5, 5.41) is 11.8. The Morgan fingerprint density at radius 2 is 2.00 bits per heavy atom. The summed E-state index contributed by atoms with van der Waals surface area (Å²) < 4.78 is 12.4. The third-order valence-electron chi connectivity index (χ3n) is 4.79. The number of ether oxygens (including phenoxy) is 1. The van der Waals surface area contributed by atoms with Crippen molar-refractivity contribution in [1.29, 1.82) is 0 Å². The summed E-state index contributed by atoms with van der Waals surface area (Å²) in [5.41, 5.74) is 1.50. The van der Waals surface area contributed by atoms with Gasteiger partial charge in [0.1, 0.15) is 11.5 Å². The van der Waals surface area contributed by atoms with Crippen LogP contribution < -0.4 is 0 Å². The molecule has 3 aromatic rings. The molecule has 0 spiro atoms. The molecule has 154 valence electrons. The van der Waals surface area contributed by atoms with Crippen molar-refractivity contribution in [2.75, 3.05) is 13.2 Å². The molecule has 9 nitrogen and oxygen atoms in total. The number of non-ortho nitro benzene ring substituents is 1. The molecule has 0 unspecified atom stereocenters. The SMILES string of the molecule is CCOC(=O)CCCN1C(=O)c2cc3cc(-c4ccc([N+](=O)[O-])cc4)oc3n2C1=S. The van der Waals surface area contributed by atoms with Crippen LogP contribution in [0.15, 0.2) is 40.8 Å². The molecule has 0 bridgehead atoms. The van der Waals surface area contributed by atoms with Gasteiger partial charge in [-0.05, 0) is 49.8 Å². The number of hydrogen-bond donors (Lipinski definition) is 0. The predicted molar refractivity (Wildman–Crippen MR) is 111 cm³/mol. The third-order valence-corrected chi connectivity index (χ3v) is 5.20. The second kappa shape index (κ2) is 7.71. The Morgan fingerprint density at radius 1 is 1.27 bits per heavy atom. The van der Waals surface area contributed by atoms with E-state index in [1.807, 2.05) is 0 Å². The van der Waals surface area contributed by atoms with Gasteiger partial charge in [-0.1, -0.05) is 0 Å². The van der Waals surface area contributed by atoms with Crippen LogP contribution in [0.4, 0.5) is 5.69 Å². The van der Waals surface area contributed by atoms with Crippen LogP contribution in [0.25, 0.3) is 22.4 Å². The van der Waals surface area contributed by atoms with E-state index in [4.69, 9.17) is 21.4 Å². The fourth-order valence-corrected chi connectivity index (χ4v) is 3.75. The number of carbonyl (C=O) groups excluding carboxylic acids is 2. The van der Waals surface area contributed by atoms with Gasteiger partial charge in [-0.15, -0.1) is 0 Å². The number of nitrogens with zero attached hydrogens (tertiary/aromatic N) is 3. The Labute approximate surface area is 176 Å². The second-order valence-electron chi connectivity index (χ2n) is 6.69. The molecule has 10 heteroatoms. The number of amides is 1. The van der Waals surface area contributed by atoms with Crippen molar-refractivity contribution in [3.05, 3.63) is 52.2 Å². The molecule has 3 heterocycles. The summed E-state index contributed by atoms with van der Waals surface area (Å²) in [6, 6.07) is 9.48. The van der Waals surface area contributed by atoms with Gasteiger partial charge in [0.25, 0.3) is 11.6 Å². The van der Waals surface area contributed by atoms with Gasteiger partial charge in [0.05, 0.1) is 11.5 Å². The second-order valence-corrected chi connectivity index (χ2v) is 7.05. The number of hydrogen-bond acceptors (Lipinski definition) is 7. The van der Waals surface area contributed by atoms with Crippen LogP contribution >= 0.6 is 12.2 Å². The Bertz CT molecular complexity index is 1180. The maximum atomic E-state index is 12.7. The number of fused-ring (bicyclic) bond motifs is 3. The first-order valence-corrected chi connectivity index (χ1v) is 9.73. The molecule has 0 saturated carbocycles. The maximum absolute atomic E-state index is 12.7. The lowest BCUT2D eigenvalue weighted by molar-refractivity contribution is -0.384. The average Bonchev–Trinajstić information content (AvgIpc) is 3.34. The highest BCUT2D eigenvalue weighted by Gasteiger charge is 2.35. The molecule has 0 N–H and O–H groups in total.